The van der Waals surface area contributed by atoms with Crippen molar-refractivity contribution < 1.29 is 28.0 Å². The topological polar surface area (TPSA) is 77.1 Å². The van der Waals surface area contributed by atoms with E-state index < -0.39 is 35.8 Å². The number of halogens is 1. The molecule has 2 fully saturated rings. The average Bonchev–Trinajstić information content (AvgIpc) is 3.16. The fourth-order valence-corrected chi connectivity index (χ4v) is 3.47. The van der Waals surface area contributed by atoms with Crippen LogP contribution in [0.4, 0.5) is 9.18 Å². The quantitative estimate of drug-likeness (QED) is 0.741. The molecule has 1 aromatic carbocycles. The third-order valence-corrected chi connectivity index (χ3v) is 5.94. The zero-order valence-electron chi connectivity index (χ0n) is 19.4. The van der Waals surface area contributed by atoms with E-state index in [-0.39, 0.29) is 17.4 Å². The van der Waals surface area contributed by atoms with Gasteiger partial charge in [-0.15, -0.1) is 0 Å². The molecule has 2 amide bonds. The second-order valence-electron chi connectivity index (χ2n) is 10.2. The Labute approximate surface area is 183 Å². The van der Waals surface area contributed by atoms with Gasteiger partial charge in [-0.05, 0) is 73.1 Å². The normalized spacial score (nSPS) is 22.5. The lowest BCUT2D eigenvalue weighted by molar-refractivity contribution is 0.00578. The largest absolute Gasteiger partial charge is 0.497 e. The van der Waals surface area contributed by atoms with Crippen molar-refractivity contribution in [2.45, 2.75) is 77.7 Å². The van der Waals surface area contributed by atoms with E-state index >= 15 is 0 Å². The second-order valence-corrected chi connectivity index (χ2v) is 10.2. The van der Waals surface area contributed by atoms with E-state index in [2.05, 4.69) is 5.32 Å². The van der Waals surface area contributed by atoms with Crippen LogP contribution in [0.3, 0.4) is 0 Å². The molecule has 2 saturated heterocycles. The van der Waals surface area contributed by atoms with Gasteiger partial charge in [0.1, 0.15) is 11.4 Å². The van der Waals surface area contributed by atoms with Gasteiger partial charge in [0.25, 0.3) is 5.91 Å². The minimum Gasteiger partial charge on any atom is -0.444 e. The number of carbonyl (C=O) groups is 2. The summed E-state index contributed by atoms with van der Waals surface area (Å²) in [5.74, 6) is -0.833. The van der Waals surface area contributed by atoms with Crippen LogP contribution in [0, 0.1) is 5.82 Å². The van der Waals surface area contributed by atoms with Crippen molar-refractivity contribution in [3.05, 3.63) is 29.6 Å². The molecular weight excluding hydrogens is 402 g/mol. The Bertz CT molecular complexity index is 852. The first-order chi connectivity index (χ1) is 14.2. The Morgan fingerprint density at radius 1 is 1.19 bits per heavy atom. The van der Waals surface area contributed by atoms with Crippen LogP contribution in [0.25, 0.3) is 0 Å². The Kier molecular flexibility index (Phi) is 6.14. The first-order valence-electron chi connectivity index (χ1n) is 10.6. The van der Waals surface area contributed by atoms with Crippen molar-refractivity contribution in [1.29, 1.82) is 0 Å². The van der Waals surface area contributed by atoms with E-state index in [0.717, 1.165) is 0 Å². The van der Waals surface area contributed by atoms with Crippen molar-refractivity contribution in [1.82, 2.24) is 10.2 Å². The zero-order chi connectivity index (χ0) is 23.2. The number of amides is 2. The van der Waals surface area contributed by atoms with Crippen LogP contribution in [0.15, 0.2) is 18.2 Å². The molecule has 31 heavy (non-hydrogen) atoms. The Balaban J connectivity index is 1.66. The number of nitrogens with zero attached hydrogens (tertiary/aromatic N) is 1. The summed E-state index contributed by atoms with van der Waals surface area (Å²) in [6.45, 7) is 13.9. The number of likely N-dealkylation sites (tertiary alicyclic amines) is 1. The van der Waals surface area contributed by atoms with E-state index in [0.29, 0.717) is 25.1 Å². The highest BCUT2D eigenvalue weighted by Gasteiger charge is 2.52. The number of nitrogens with one attached hydrogen (secondary N) is 1. The lowest BCUT2D eigenvalue weighted by atomic mass is 9.78. The smallest absolute Gasteiger partial charge is 0.444 e. The third-order valence-electron chi connectivity index (χ3n) is 5.94. The average molecular weight is 434 g/mol. The molecule has 0 radical (unpaired) electrons. The number of benzene rings is 1. The van der Waals surface area contributed by atoms with Crippen LogP contribution in [0.1, 0.15) is 65.2 Å². The molecule has 0 aromatic heterocycles. The Morgan fingerprint density at radius 2 is 1.81 bits per heavy atom. The van der Waals surface area contributed by atoms with E-state index in [1.54, 1.807) is 4.90 Å². The van der Waals surface area contributed by atoms with Gasteiger partial charge in [-0.3, -0.25) is 4.79 Å². The molecule has 1 atom stereocenters. The van der Waals surface area contributed by atoms with Crippen LogP contribution in [0.5, 0.6) is 0 Å². The molecule has 1 N–H and O–H groups in total. The molecule has 0 unspecified atom stereocenters. The van der Waals surface area contributed by atoms with E-state index in [1.165, 1.54) is 18.2 Å². The third kappa shape index (κ3) is 5.21. The number of ether oxygens (including phenoxy) is 1. The summed E-state index contributed by atoms with van der Waals surface area (Å²) in [5, 5.41) is 2.92. The van der Waals surface area contributed by atoms with Gasteiger partial charge in [-0.25, -0.2) is 9.18 Å². The summed E-state index contributed by atoms with van der Waals surface area (Å²) in [6, 6.07) is 3.94. The van der Waals surface area contributed by atoms with Crippen molar-refractivity contribution in [3.63, 3.8) is 0 Å². The monoisotopic (exact) mass is 434 g/mol. The SMILES string of the molecule is CC(C)(C)OC(=O)N1CC[C@H](NC(=O)c2ccc(F)c(B3OC(C)(C)C(C)(C)O3)c2)C1. The minimum absolute atomic E-state index is 0.188. The first kappa shape index (κ1) is 23.5. The van der Waals surface area contributed by atoms with Gasteiger partial charge >= 0.3 is 13.2 Å². The molecule has 0 saturated carbocycles. The summed E-state index contributed by atoms with van der Waals surface area (Å²) < 4.78 is 31.8. The maximum Gasteiger partial charge on any atom is 0.497 e. The van der Waals surface area contributed by atoms with E-state index in [9.17, 15) is 14.0 Å². The molecule has 7 nitrogen and oxygen atoms in total. The molecule has 9 heteroatoms. The molecule has 2 heterocycles. The molecule has 0 spiro atoms. The second kappa shape index (κ2) is 8.09. The summed E-state index contributed by atoms with van der Waals surface area (Å²) in [4.78, 5) is 26.6. The fourth-order valence-electron chi connectivity index (χ4n) is 3.47. The van der Waals surface area contributed by atoms with Crippen LogP contribution in [0.2, 0.25) is 0 Å². The number of hydrogen-bond donors (Lipinski definition) is 1. The number of rotatable bonds is 3. The van der Waals surface area contributed by atoms with Crippen LogP contribution in [-0.4, -0.2) is 60.0 Å². The van der Waals surface area contributed by atoms with Gasteiger partial charge in [0, 0.05) is 30.2 Å². The van der Waals surface area contributed by atoms with Crippen LogP contribution < -0.4 is 10.8 Å². The standard InChI is InChI=1S/C22H32BFN2O5/c1-20(2,3)29-19(28)26-11-10-15(13-26)25-18(27)14-8-9-17(24)16(12-14)23-30-21(4,5)22(6,7)31-23/h8-9,12,15H,10-11,13H2,1-7H3,(H,25,27)/t15-/m0/s1. The van der Waals surface area contributed by atoms with Crippen molar-refractivity contribution in [2.75, 3.05) is 13.1 Å². The van der Waals surface area contributed by atoms with Crippen molar-refractivity contribution >= 4 is 24.6 Å². The maximum absolute atomic E-state index is 14.5. The van der Waals surface area contributed by atoms with Crippen molar-refractivity contribution in [3.8, 4) is 0 Å². The molecule has 0 bridgehead atoms. The van der Waals surface area contributed by atoms with Crippen molar-refractivity contribution in [2.24, 2.45) is 0 Å². The zero-order valence-corrected chi connectivity index (χ0v) is 19.4. The fraction of sp³-hybridized carbons (Fsp3) is 0.636. The first-order valence-corrected chi connectivity index (χ1v) is 10.6. The van der Waals surface area contributed by atoms with Gasteiger partial charge in [0.2, 0.25) is 0 Å². The van der Waals surface area contributed by atoms with Crippen LogP contribution >= 0.6 is 0 Å². The van der Waals surface area contributed by atoms with Gasteiger partial charge in [-0.2, -0.15) is 0 Å². The minimum atomic E-state index is -0.896. The summed E-state index contributed by atoms with van der Waals surface area (Å²) in [6.07, 6.45) is 0.227. The molecule has 2 aliphatic heterocycles. The highest BCUT2D eigenvalue weighted by Crippen LogP contribution is 2.36. The highest BCUT2D eigenvalue weighted by molar-refractivity contribution is 6.62. The Hall–Kier alpha value is -2.13. The Morgan fingerprint density at radius 3 is 2.39 bits per heavy atom. The molecule has 3 rings (SSSR count). The van der Waals surface area contributed by atoms with Gasteiger partial charge in [0.15, 0.2) is 0 Å². The number of hydrogen-bond acceptors (Lipinski definition) is 5. The highest BCUT2D eigenvalue weighted by atomic mass is 19.1. The van der Waals surface area contributed by atoms with Gasteiger partial charge in [0.05, 0.1) is 11.2 Å². The predicted octanol–water partition coefficient (Wildman–Crippen LogP) is 2.86. The lowest BCUT2D eigenvalue weighted by Crippen LogP contribution is -2.41. The van der Waals surface area contributed by atoms with E-state index in [1.807, 2.05) is 48.5 Å². The maximum atomic E-state index is 14.5. The summed E-state index contributed by atoms with van der Waals surface area (Å²) in [7, 11) is -0.896. The lowest BCUT2D eigenvalue weighted by Gasteiger charge is -2.32. The van der Waals surface area contributed by atoms with Gasteiger partial charge in [-0.1, -0.05) is 0 Å². The van der Waals surface area contributed by atoms with Gasteiger partial charge < -0.3 is 24.3 Å². The number of carbonyl (C=O) groups excluding carboxylic acids is 2. The summed E-state index contributed by atoms with van der Waals surface area (Å²) >= 11 is 0. The molecular formula is C22H32BFN2O5. The van der Waals surface area contributed by atoms with E-state index in [4.69, 9.17) is 14.0 Å². The molecule has 2 aliphatic rings. The molecule has 1 aromatic rings. The molecule has 0 aliphatic carbocycles. The summed E-state index contributed by atoms with van der Waals surface area (Å²) in [5.41, 5.74) is -1.31. The molecule has 170 valence electrons. The van der Waals surface area contributed by atoms with Crippen LogP contribution in [-0.2, 0) is 14.0 Å². The predicted molar refractivity (Wildman–Crippen MR) is 116 cm³/mol.